The summed E-state index contributed by atoms with van der Waals surface area (Å²) in [4.78, 5) is 0. The number of furan rings is 1. The molecule has 90 valence electrons. The summed E-state index contributed by atoms with van der Waals surface area (Å²) in [6, 6.07) is 9.97. The summed E-state index contributed by atoms with van der Waals surface area (Å²) in [6.45, 7) is 3.80. The van der Waals surface area contributed by atoms with Gasteiger partial charge < -0.3 is 9.52 Å². The van der Waals surface area contributed by atoms with E-state index in [1.165, 1.54) is 5.56 Å². The van der Waals surface area contributed by atoms with Gasteiger partial charge >= 0.3 is 0 Å². The van der Waals surface area contributed by atoms with Crippen molar-refractivity contribution >= 4 is 15.9 Å². The van der Waals surface area contributed by atoms with Gasteiger partial charge in [0.25, 0.3) is 0 Å². The molecule has 2 nitrogen and oxygen atoms in total. The van der Waals surface area contributed by atoms with Gasteiger partial charge in [-0.2, -0.15) is 0 Å². The first-order chi connectivity index (χ1) is 8.06. The Morgan fingerprint density at radius 1 is 1.29 bits per heavy atom. The summed E-state index contributed by atoms with van der Waals surface area (Å²) < 4.78 is 6.79. The number of aliphatic hydroxyl groups excluding tert-OH is 1. The highest BCUT2D eigenvalue weighted by Crippen LogP contribution is 2.26. The molecule has 0 saturated carbocycles. The van der Waals surface area contributed by atoms with Gasteiger partial charge in [-0.3, -0.25) is 0 Å². The molecule has 3 heteroatoms. The normalized spacial score (nSPS) is 12.7. The lowest BCUT2D eigenvalue weighted by atomic mass is 10.1. The second-order valence-corrected chi connectivity index (χ2v) is 5.14. The van der Waals surface area contributed by atoms with Gasteiger partial charge in [0.05, 0.1) is 6.10 Å². The van der Waals surface area contributed by atoms with Gasteiger partial charge in [0.2, 0.25) is 0 Å². The molecule has 1 N–H and O–H groups in total. The molecule has 1 atom stereocenters. The van der Waals surface area contributed by atoms with Crippen molar-refractivity contribution in [2.75, 3.05) is 0 Å². The number of halogens is 1. The lowest BCUT2D eigenvalue weighted by molar-refractivity contribution is 0.187. The molecule has 0 aliphatic rings. The third-order valence-corrected chi connectivity index (χ3v) is 3.49. The van der Waals surface area contributed by atoms with Gasteiger partial charge in [0.15, 0.2) is 0 Å². The zero-order valence-corrected chi connectivity index (χ0v) is 11.5. The minimum absolute atomic E-state index is 0.374. The number of hydrogen-bond donors (Lipinski definition) is 1. The molecule has 2 aromatic rings. The Labute approximate surface area is 109 Å². The Bertz CT molecular complexity index is 515. The van der Waals surface area contributed by atoms with Crippen LogP contribution in [0.15, 0.2) is 39.2 Å². The average molecular weight is 295 g/mol. The van der Waals surface area contributed by atoms with Crippen molar-refractivity contribution in [3.63, 3.8) is 0 Å². The molecule has 17 heavy (non-hydrogen) atoms. The lowest BCUT2D eigenvalue weighted by Crippen LogP contribution is -2.02. The zero-order valence-electron chi connectivity index (χ0n) is 9.90. The van der Waals surface area contributed by atoms with Crippen LogP contribution in [-0.2, 0) is 6.42 Å². The molecular weight excluding hydrogens is 280 g/mol. The monoisotopic (exact) mass is 294 g/mol. The predicted molar refractivity (Wildman–Crippen MR) is 72.0 cm³/mol. The number of benzene rings is 1. The molecule has 1 unspecified atom stereocenters. The molecule has 0 saturated heterocycles. The molecular formula is C14H15BrO2. The highest BCUT2D eigenvalue weighted by atomic mass is 79.9. The number of aliphatic hydroxyl groups is 1. The van der Waals surface area contributed by atoms with Gasteiger partial charge in [0.1, 0.15) is 11.5 Å². The minimum atomic E-state index is -0.374. The number of aryl methyl sites for hydroxylation is 1. The molecule has 0 radical (unpaired) electrons. The van der Waals surface area contributed by atoms with Crippen molar-refractivity contribution in [1.29, 1.82) is 0 Å². The fourth-order valence-corrected chi connectivity index (χ4v) is 1.98. The van der Waals surface area contributed by atoms with Gasteiger partial charge in [-0.15, -0.1) is 0 Å². The maximum Gasteiger partial charge on any atom is 0.134 e. The van der Waals surface area contributed by atoms with Gasteiger partial charge in [-0.1, -0.05) is 22.0 Å². The van der Waals surface area contributed by atoms with E-state index in [0.29, 0.717) is 6.42 Å². The van der Waals surface area contributed by atoms with Crippen LogP contribution in [0.4, 0.5) is 0 Å². The summed E-state index contributed by atoms with van der Waals surface area (Å²) in [6.07, 6.45) is 0.177. The third kappa shape index (κ3) is 2.99. The van der Waals surface area contributed by atoms with Crippen molar-refractivity contribution in [2.24, 2.45) is 0 Å². The predicted octanol–water partition coefficient (Wildman–Crippen LogP) is 3.94. The Balaban J connectivity index is 2.27. The maximum absolute atomic E-state index is 9.30. The first-order valence-electron chi connectivity index (χ1n) is 5.59. The van der Waals surface area contributed by atoms with Gasteiger partial charge in [-0.25, -0.2) is 0 Å². The number of hydrogen-bond acceptors (Lipinski definition) is 2. The molecule has 1 heterocycles. The van der Waals surface area contributed by atoms with E-state index in [-0.39, 0.29) is 6.10 Å². The zero-order chi connectivity index (χ0) is 12.4. The van der Waals surface area contributed by atoms with Crippen LogP contribution in [0.2, 0.25) is 0 Å². The van der Waals surface area contributed by atoms with Crippen LogP contribution < -0.4 is 0 Å². The Hall–Kier alpha value is -1.06. The topological polar surface area (TPSA) is 33.4 Å². The maximum atomic E-state index is 9.30. The van der Waals surface area contributed by atoms with Gasteiger partial charge in [-0.05, 0) is 43.7 Å². The third-order valence-electron chi connectivity index (χ3n) is 2.60. The van der Waals surface area contributed by atoms with Gasteiger partial charge in [0, 0.05) is 16.5 Å². The molecule has 0 aliphatic heterocycles. The first kappa shape index (κ1) is 12.4. The molecule has 1 aromatic carbocycles. The van der Waals surface area contributed by atoms with Crippen LogP contribution in [0.5, 0.6) is 0 Å². The van der Waals surface area contributed by atoms with Crippen molar-refractivity contribution in [3.05, 3.63) is 46.1 Å². The van der Waals surface area contributed by atoms with E-state index in [1.807, 2.05) is 31.2 Å². The van der Waals surface area contributed by atoms with Crippen molar-refractivity contribution in [3.8, 4) is 11.3 Å². The van der Waals surface area contributed by atoms with Crippen LogP contribution in [0.25, 0.3) is 11.3 Å². The second kappa shape index (κ2) is 5.07. The van der Waals surface area contributed by atoms with Crippen molar-refractivity contribution < 1.29 is 9.52 Å². The van der Waals surface area contributed by atoms with E-state index in [0.717, 1.165) is 21.6 Å². The molecule has 0 spiro atoms. The molecule has 2 rings (SSSR count). The second-order valence-electron chi connectivity index (χ2n) is 4.28. The summed E-state index contributed by atoms with van der Waals surface area (Å²) in [7, 11) is 0. The summed E-state index contributed by atoms with van der Waals surface area (Å²) in [5.74, 6) is 1.66. The fourth-order valence-electron chi connectivity index (χ4n) is 1.73. The van der Waals surface area contributed by atoms with Crippen molar-refractivity contribution in [2.45, 2.75) is 26.4 Å². The summed E-state index contributed by atoms with van der Waals surface area (Å²) in [5.41, 5.74) is 2.23. The van der Waals surface area contributed by atoms with Crippen LogP contribution >= 0.6 is 15.9 Å². The van der Waals surface area contributed by atoms with Crippen LogP contribution in [0.1, 0.15) is 18.2 Å². The van der Waals surface area contributed by atoms with E-state index in [4.69, 9.17) is 4.42 Å². The van der Waals surface area contributed by atoms with E-state index >= 15 is 0 Å². The Morgan fingerprint density at radius 2 is 2.06 bits per heavy atom. The van der Waals surface area contributed by atoms with E-state index in [1.54, 1.807) is 6.92 Å². The molecule has 1 aromatic heterocycles. The van der Waals surface area contributed by atoms with Crippen LogP contribution in [0.3, 0.4) is 0 Å². The SMILES string of the molecule is Cc1cc(-c2ccc(CC(C)O)o2)ccc1Br. The van der Waals surface area contributed by atoms with Crippen molar-refractivity contribution in [1.82, 2.24) is 0 Å². The number of rotatable bonds is 3. The molecule has 0 aliphatic carbocycles. The highest BCUT2D eigenvalue weighted by Gasteiger charge is 2.07. The van der Waals surface area contributed by atoms with E-state index < -0.39 is 0 Å². The molecule has 0 bridgehead atoms. The summed E-state index contributed by atoms with van der Waals surface area (Å²) >= 11 is 3.48. The largest absolute Gasteiger partial charge is 0.461 e. The fraction of sp³-hybridized carbons (Fsp3) is 0.286. The molecule has 0 fully saturated rings. The lowest BCUT2D eigenvalue weighted by Gasteiger charge is -2.02. The van der Waals surface area contributed by atoms with Crippen LogP contribution in [-0.4, -0.2) is 11.2 Å². The Morgan fingerprint density at radius 3 is 2.71 bits per heavy atom. The first-order valence-corrected chi connectivity index (χ1v) is 6.39. The summed E-state index contributed by atoms with van der Waals surface area (Å²) in [5, 5.41) is 9.30. The molecule has 0 amide bonds. The smallest absolute Gasteiger partial charge is 0.134 e. The average Bonchev–Trinajstić information content (AvgIpc) is 2.69. The minimum Gasteiger partial charge on any atom is -0.461 e. The highest BCUT2D eigenvalue weighted by molar-refractivity contribution is 9.10. The van der Waals surface area contributed by atoms with Crippen LogP contribution in [0, 0.1) is 6.92 Å². The quantitative estimate of drug-likeness (QED) is 0.930. The Kier molecular flexibility index (Phi) is 3.69. The van der Waals surface area contributed by atoms with E-state index in [9.17, 15) is 5.11 Å². The standard InChI is InChI=1S/C14H15BrO2/c1-9-7-11(3-5-13(9)15)14-6-4-12(17-14)8-10(2)16/h3-7,10,16H,8H2,1-2H3. The van der Waals surface area contributed by atoms with E-state index in [2.05, 4.69) is 22.0 Å².